The predicted molar refractivity (Wildman–Crippen MR) is 78.1 cm³/mol. The summed E-state index contributed by atoms with van der Waals surface area (Å²) in [4.78, 5) is 0. The number of aromatic nitrogens is 2. The third-order valence-corrected chi connectivity index (χ3v) is 6.09. The van der Waals surface area contributed by atoms with Crippen LogP contribution in [0.2, 0.25) is 0 Å². The minimum Gasteiger partial charge on any atom is -0.215 e. The quantitative estimate of drug-likeness (QED) is 0.879. The topological polar surface area (TPSA) is 72.0 Å². The first-order valence-electron chi connectivity index (χ1n) is 6.45. The van der Waals surface area contributed by atoms with E-state index < -0.39 is 10.0 Å². The maximum absolute atomic E-state index is 12.2. The molecule has 0 bridgehead atoms. The lowest BCUT2D eigenvalue weighted by Crippen LogP contribution is -2.29. The van der Waals surface area contributed by atoms with Crippen LogP contribution in [0.3, 0.4) is 0 Å². The first-order valence-corrected chi connectivity index (χ1v) is 8.88. The number of rotatable bonds is 6. The molecule has 2 atom stereocenters. The van der Waals surface area contributed by atoms with Crippen LogP contribution >= 0.6 is 11.3 Å². The van der Waals surface area contributed by atoms with Crippen LogP contribution in [0, 0.1) is 0 Å². The molecule has 1 aliphatic carbocycles. The standard InChI is InChI=1S/C13H15N3O2S2/c17-20(18,15-7-6-13-16-14-9-19-13)12-8-11(12)10-4-2-1-3-5-10/h1-5,9,11-12,15H,6-8H2/t11-,12+/m0/s1. The summed E-state index contributed by atoms with van der Waals surface area (Å²) in [6.45, 7) is 0.384. The smallest absolute Gasteiger partial charge is 0.215 e. The molecule has 5 nitrogen and oxygen atoms in total. The van der Waals surface area contributed by atoms with Gasteiger partial charge in [-0.15, -0.1) is 21.5 Å². The molecule has 2 aromatic rings. The molecule has 0 radical (unpaired) electrons. The molecule has 0 spiro atoms. The normalized spacial score (nSPS) is 21.8. The molecular weight excluding hydrogens is 294 g/mol. The number of hydrogen-bond acceptors (Lipinski definition) is 5. The summed E-state index contributed by atoms with van der Waals surface area (Å²) in [5, 5.41) is 8.18. The summed E-state index contributed by atoms with van der Waals surface area (Å²) in [6, 6.07) is 9.80. The highest BCUT2D eigenvalue weighted by atomic mass is 32.2. The van der Waals surface area contributed by atoms with E-state index in [4.69, 9.17) is 0 Å². The molecule has 7 heteroatoms. The maximum Gasteiger partial charge on any atom is 0.215 e. The van der Waals surface area contributed by atoms with E-state index in [-0.39, 0.29) is 11.2 Å². The Labute approximate surface area is 122 Å². The van der Waals surface area contributed by atoms with Gasteiger partial charge in [-0.2, -0.15) is 0 Å². The van der Waals surface area contributed by atoms with Crippen LogP contribution in [0.15, 0.2) is 35.8 Å². The van der Waals surface area contributed by atoms with Gasteiger partial charge in [0.15, 0.2) is 0 Å². The second-order valence-electron chi connectivity index (χ2n) is 4.81. The van der Waals surface area contributed by atoms with Crippen molar-refractivity contribution in [2.45, 2.75) is 24.0 Å². The van der Waals surface area contributed by atoms with Crippen molar-refractivity contribution in [3.63, 3.8) is 0 Å². The highest BCUT2D eigenvalue weighted by Crippen LogP contribution is 2.45. The molecule has 1 aromatic carbocycles. The van der Waals surface area contributed by atoms with Crippen molar-refractivity contribution in [2.24, 2.45) is 0 Å². The summed E-state index contributed by atoms with van der Waals surface area (Å²) in [6.07, 6.45) is 1.30. The van der Waals surface area contributed by atoms with Gasteiger partial charge in [0, 0.05) is 18.9 Å². The summed E-state index contributed by atoms with van der Waals surface area (Å²) >= 11 is 1.44. The van der Waals surface area contributed by atoms with Gasteiger partial charge in [0.25, 0.3) is 0 Å². The lowest BCUT2D eigenvalue weighted by Gasteiger charge is -2.05. The van der Waals surface area contributed by atoms with Gasteiger partial charge in [0.2, 0.25) is 10.0 Å². The van der Waals surface area contributed by atoms with E-state index in [1.54, 1.807) is 5.51 Å². The molecule has 0 saturated heterocycles. The van der Waals surface area contributed by atoms with Crippen LogP contribution in [-0.4, -0.2) is 30.4 Å². The largest absolute Gasteiger partial charge is 0.215 e. The Morgan fingerprint density at radius 3 is 2.80 bits per heavy atom. The third kappa shape index (κ3) is 3.05. The molecule has 1 heterocycles. The first kappa shape index (κ1) is 13.7. The van der Waals surface area contributed by atoms with Gasteiger partial charge in [0.1, 0.15) is 10.5 Å². The lowest BCUT2D eigenvalue weighted by atomic mass is 10.1. The van der Waals surface area contributed by atoms with Crippen LogP contribution < -0.4 is 4.72 Å². The molecule has 0 aliphatic heterocycles. The zero-order chi connectivity index (χ0) is 14.0. The van der Waals surface area contributed by atoms with Crippen molar-refractivity contribution < 1.29 is 8.42 Å². The van der Waals surface area contributed by atoms with E-state index in [2.05, 4.69) is 14.9 Å². The fourth-order valence-electron chi connectivity index (χ4n) is 2.28. The summed E-state index contributed by atoms with van der Waals surface area (Å²) in [5.74, 6) is 0.134. The maximum atomic E-state index is 12.2. The molecule has 1 N–H and O–H groups in total. The molecule has 3 rings (SSSR count). The van der Waals surface area contributed by atoms with Crippen LogP contribution in [0.5, 0.6) is 0 Å². The average Bonchev–Trinajstić information content (AvgIpc) is 3.12. The van der Waals surface area contributed by atoms with Crippen molar-refractivity contribution in [2.75, 3.05) is 6.54 Å². The molecule has 0 unspecified atom stereocenters. The molecule has 0 amide bonds. The zero-order valence-electron chi connectivity index (χ0n) is 10.8. The van der Waals surface area contributed by atoms with Gasteiger partial charge in [-0.25, -0.2) is 13.1 Å². The third-order valence-electron chi connectivity index (χ3n) is 3.41. The molecular formula is C13H15N3O2S2. The van der Waals surface area contributed by atoms with Gasteiger partial charge >= 0.3 is 0 Å². The van der Waals surface area contributed by atoms with E-state index in [0.717, 1.165) is 10.6 Å². The Hall–Kier alpha value is -1.31. The van der Waals surface area contributed by atoms with Gasteiger partial charge in [-0.05, 0) is 12.0 Å². The van der Waals surface area contributed by atoms with Crippen LogP contribution in [0.25, 0.3) is 0 Å². The van der Waals surface area contributed by atoms with Gasteiger partial charge < -0.3 is 0 Å². The molecule has 1 saturated carbocycles. The number of sulfonamides is 1. The first-order chi connectivity index (χ1) is 9.67. The number of hydrogen-bond donors (Lipinski definition) is 1. The van der Waals surface area contributed by atoms with Crippen LogP contribution in [-0.2, 0) is 16.4 Å². The van der Waals surface area contributed by atoms with Crippen molar-refractivity contribution >= 4 is 21.4 Å². The minimum absolute atomic E-state index is 0.134. The SMILES string of the molecule is O=S(=O)(NCCc1nncs1)[C@@H]1C[C@H]1c1ccccc1. The van der Waals surface area contributed by atoms with Crippen molar-refractivity contribution in [1.29, 1.82) is 0 Å². The van der Waals surface area contributed by atoms with Gasteiger partial charge in [0.05, 0.1) is 5.25 Å². The monoisotopic (exact) mass is 309 g/mol. The number of nitrogens with one attached hydrogen (secondary N) is 1. The highest BCUT2D eigenvalue weighted by Gasteiger charge is 2.47. The highest BCUT2D eigenvalue weighted by molar-refractivity contribution is 7.90. The lowest BCUT2D eigenvalue weighted by molar-refractivity contribution is 0.579. The second-order valence-corrected chi connectivity index (χ2v) is 7.72. The fourth-order valence-corrected chi connectivity index (χ4v) is 4.46. The van der Waals surface area contributed by atoms with Gasteiger partial charge in [-0.3, -0.25) is 0 Å². The van der Waals surface area contributed by atoms with Gasteiger partial charge in [-0.1, -0.05) is 30.3 Å². The number of nitrogens with zero attached hydrogens (tertiary/aromatic N) is 2. The van der Waals surface area contributed by atoms with Crippen molar-refractivity contribution in [1.82, 2.24) is 14.9 Å². The summed E-state index contributed by atoms with van der Waals surface area (Å²) < 4.78 is 27.0. The Bertz CT molecular complexity index is 656. The molecule has 1 aromatic heterocycles. The fraction of sp³-hybridized carbons (Fsp3) is 0.385. The molecule has 106 valence electrons. The number of benzene rings is 1. The molecule has 20 heavy (non-hydrogen) atoms. The van der Waals surface area contributed by atoms with Crippen LogP contribution in [0.1, 0.15) is 22.9 Å². The zero-order valence-corrected chi connectivity index (χ0v) is 12.4. The Balaban J connectivity index is 1.55. The minimum atomic E-state index is -3.23. The average molecular weight is 309 g/mol. The summed E-state index contributed by atoms with van der Waals surface area (Å²) in [5.41, 5.74) is 2.75. The van der Waals surface area contributed by atoms with E-state index in [9.17, 15) is 8.42 Å². The van der Waals surface area contributed by atoms with E-state index in [1.165, 1.54) is 11.3 Å². The Morgan fingerprint density at radius 2 is 2.10 bits per heavy atom. The summed E-state index contributed by atoms with van der Waals surface area (Å²) in [7, 11) is -3.23. The Kier molecular flexibility index (Phi) is 3.82. The van der Waals surface area contributed by atoms with E-state index in [0.29, 0.717) is 19.4 Å². The van der Waals surface area contributed by atoms with E-state index in [1.807, 2.05) is 30.3 Å². The van der Waals surface area contributed by atoms with E-state index >= 15 is 0 Å². The van der Waals surface area contributed by atoms with Crippen molar-refractivity contribution in [3.05, 3.63) is 46.4 Å². The predicted octanol–water partition coefficient (Wildman–Crippen LogP) is 1.56. The van der Waals surface area contributed by atoms with Crippen LogP contribution in [0.4, 0.5) is 0 Å². The Morgan fingerprint density at radius 1 is 1.30 bits per heavy atom. The van der Waals surface area contributed by atoms with Crippen molar-refractivity contribution in [3.8, 4) is 0 Å². The molecule has 1 fully saturated rings. The molecule has 1 aliphatic rings. The second kappa shape index (κ2) is 5.59.